The first kappa shape index (κ1) is 13.7. The van der Waals surface area contributed by atoms with Gasteiger partial charge in [0.1, 0.15) is 0 Å². The molecule has 3 nitrogen and oxygen atoms in total. The van der Waals surface area contributed by atoms with Gasteiger partial charge in [-0.2, -0.15) is 5.26 Å². The van der Waals surface area contributed by atoms with Crippen LogP contribution in [0.15, 0.2) is 46.9 Å². The number of carbonyl (C=O) groups excluding carboxylic acids is 1. The number of furan rings is 1. The van der Waals surface area contributed by atoms with Gasteiger partial charge in [-0.05, 0) is 30.3 Å². The van der Waals surface area contributed by atoms with Crippen molar-refractivity contribution in [3.63, 3.8) is 0 Å². The number of carbonyl (C=O) groups is 1. The SMILES string of the molecule is N#Cc1cccc(C(=O)c2cc3cc(Cl)cc(Cl)c3o2)c1. The van der Waals surface area contributed by atoms with Crippen molar-refractivity contribution < 1.29 is 9.21 Å². The van der Waals surface area contributed by atoms with Crippen molar-refractivity contribution in [1.82, 2.24) is 0 Å². The quantitative estimate of drug-likeness (QED) is 0.636. The first-order valence-corrected chi connectivity index (χ1v) is 6.77. The van der Waals surface area contributed by atoms with Crippen molar-refractivity contribution in [2.45, 2.75) is 0 Å². The second kappa shape index (κ2) is 5.25. The summed E-state index contributed by atoms with van der Waals surface area (Å²) in [7, 11) is 0. The molecule has 21 heavy (non-hydrogen) atoms. The Morgan fingerprint density at radius 1 is 1.14 bits per heavy atom. The average Bonchev–Trinajstić information content (AvgIpc) is 2.90. The molecule has 0 aliphatic heterocycles. The van der Waals surface area contributed by atoms with Crippen molar-refractivity contribution in [2.75, 3.05) is 0 Å². The molecule has 1 heterocycles. The van der Waals surface area contributed by atoms with Crippen LogP contribution in [0.25, 0.3) is 11.0 Å². The monoisotopic (exact) mass is 315 g/mol. The predicted molar refractivity (Wildman–Crippen MR) is 80.8 cm³/mol. The summed E-state index contributed by atoms with van der Waals surface area (Å²) in [5.41, 5.74) is 1.22. The van der Waals surface area contributed by atoms with Crippen molar-refractivity contribution in [1.29, 1.82) is 5.26 Å². The lowest BCUT2D eigenvalue weighted by Gasteiger charge is -1.97. The lowest BCUT2D eigenvalue weighted by molar-refractivity contribution is 0.101. The number of nitriles is 1. The molecule has 5 heteroatoms. The van der Waals surface area contributed by atoms with E-state index in [9.17, 15) is 4.79 Å². The second-order valence-corrected chi connectivity index (χ2v) is 5.28. The van der Waals surface area contributed by atoms with Crippen LogP contribution in [0.2, 0.25) is 10.0 Å². The fourth-order valence-corrected chi connectivity index (χ4v) is 2.61. The van der Waals surface area contributed by atoms with Crippen LogP contribution in [0.5, 0.6) is 0 Å². The zero-order valence-electron chi connectivity index (χ0n) is 10.6. The zero-order valence-corrected chi connectivity index (χ0v) is 12.1. The fourth-order valence-electron chi connectivity index (χ4n) is 2.06. The molecule has 0 saturated heterocycles. The topological polar surface area (TPSA) is 54.0 Å². The number of hydrogen-bond acceptors (Lipinski definition) is 3. The maximum Gasteiger partial charge on any atom is 0.228 e. The lowest BCUT2D eigenvalue weighted by Crippen LogP contribution is -1.99. The van der Waals surface area contributed by atoms with Gasteiger partial charge in [-0.1, -0.05) is 35.3 Å². The van der Waals surface area contributed by atoms with E-state index in [1.807, 2.05) is 6.07 Å². The van der Waals surface area contributed by atoms with Crippen LogP contribution in [-0.4, -0.2) is 5.78 Å². The molecule has 102 valence electrons. The van der Waals surface area contributed by atoms with Gasteiger partial charge in [0.05, 0.1) is 16.7 Å². The Balaban J connectivity index is 2.10. The number of rotatable bonds is 2. The van der Waals surface area contributed by atoms with Gasteiger partial charge >= 0.3 is 0 Å². The number of halogens is 2. The Labute approximate surface area is 130 Å². The van der Waals surface area contributed by atoms with Crippen LogP contribution < -0.4 is 0 Å². The Morgan fingerprint density at radius 2 is 1.95 bits per heavy atom. The molecule has 0 aliphatic carbocycles. The molecule has 0 aliphatic rings. The van der Waals surface area contributed by atoms with Crippen LogP contribution in [0.3, 0.4) is 0 Å². The van der Waals surface area contributed by atoms with Crippen LogP contribution in [-0.2, 0) is 0 Å². The molecule has 3 aromatic rings. The normalized spacial score (nSPS) is 10.5. The van der Waals surface area contributed by atoms with E-state index < -0.39 is 0 Å². The summed E-state index contributed by atoms with van der Waals surface area (Å²) < 4.78 is 5.52. The molecule has 1 aromatic heterocycles. The summed E-state index contributed by atoms with van der Waals surface area (Å²) in [6.07, 6.45) is 0. The number of ketones is 1. The van der Waals surface area contributed by atoms with E-state index in [4.69, 9.17) is 32.9 Å². The first-order valence-electron chi connectivity index (χ1n) is 6.02. The molecule has 0 fully saturated rings. The number of fused-ring (bicyclic) bond motifs is 1. The molecule has 2 aromatic carbocycles. The van der Waals surface area contributed by atoms with Gasteiger partial charge in [-0.25, -0.2) is 0 Å². The lowest BCUT2D eigenvalue weighted by atomic mass is 10.1. The van der Waals surface area contributed by atoms with Crippen molar-refractivity contribution in [3.05, 3.63) is 69.4 Å². The van der Waals surface area contributed by atoms with Crippen LogP contribution in [0.1, 0.15) is 21.7 Å². The predicted octanol–water partition coefficient (Wildman–Crippen LogP) is 4.84. The van der Waals surface area contributed by atoms with Gasteiger partial charge in [0.2, 0.25) is 5.78 Å². The largest absolute Gasteiger partial charge is 0.451 e. The van der Waals surface area contributed by atoms with E-state index in [2.05, 4.69) is 0 Å². The number of benzene rings is 2. The summed E-state index contributed by atoms with van der Waals surface area (Å²) in [6.45, 7) is 0. The summed E-state index contributed by atoms with van der Waals surface area (Å²) in [5.74, 6) is -0.153. The highest BCUT2D eigenvalue weighted by Gasteiger charge is 2.16. The maximum absolute atomic E-state index is 12.4. The third-order valence-electron chi connectivity index (χ3n) is 3.01. The van der Waals surface area contributed by atoms with Crippen molar-refractivity contribution >= 4 is 40.0 Å². The Hall–Kier alpha value is -2.28. The molecular weight excluding hydrogens is 309 g/mol. The van der Waals surface area contributed by atoms with E-state index in [0.29, 0.717) is 32.1 Å². The minimum atomic E-state index is -0.310. The molecule has 0 N–H and O–H groups in total. The second-order valence-electron chi connectivity index (χ2n) is 4.44. The summed E-state index contributed by atoms with van der Waals surface area (Å²) >= 11 is 12.0. The van der Waals surface area contributed by atoms with Crippen molar-refractivity contribution in [2.24, 2.45) is 0 Å². The smallest absolute Gasteiger partial charge is 0.228 e. The third kappa shape index (κ3) is 2.52. The molecule has 0 unspecified atom stereocenters. The molecule has 0 bridgehead atoms. The van der Waals surface area contributed by atoms with E-state index in [1.54, 1.807) is 36.4 Å². The van der Waals surface area contributed by atoms with Gasteiger partial charge < -0.3 is 4.42 Å². The van der Waals surface area contributed by atoms with Gasteiger partial charge in [-0.3, -0.25) is 4.79 Å². The summed E-state index contributed by atoms with van der Waals surface area (Å²) in [5, 5.41) is 10.4. The Bertz CT molecular complexity index is 906. The third-order valence-corrected chi connectivity index (χ3v) is 3.51. The van der Waals surface area contributed by atoms with Gasteiger partial charge in [0, 0.05) is 16.0 Å². The zero-order chi connectivity index (χ0) is 15.0. The Kier molecular flexibility index (Phi) is 3.42. The molecule has 0 radical (unpaired) electrons. The minimum absolute atomic E-state index is 0.157. The van der Waals surface area contributed by atoms with Crippen molar-refractivity contribution in [3.8, 4) is 6.07 Å². The fraction of sp³-hybridized carbons (Fsp3) is 0. The Morgan fingerprint density at radius 3 is 2.71 bits per heavy atom. The summed E-state index contributed by atoms with van der Waals surface area (Å²) in [4.78, 5) is 12.4. The molecule has 0 spiro atoms. The van der Waals surface area contributed by atoms with Crippen LogP contribution >= 0.6 is 23.2 Å². The van der Waals surface area contributed by atoms with E-state index >= 15 is 0 Å². The molecule has 0 atom stereocenters. The molecule has 0 saturated carbocycles. The maximum atomic E-state index is 12.4. The van der Waals surface area contributed by atoms with E-state index in [0.717, 1.165) is 0 Å². The number of nitrogens with zero attached hydrogens (tertiary/aromatic N) is 1. The first-order chi connectivity index (χ1) is 10.1. The highest BCUT2D eigenvalue weighted by molar-refractivity contribution is 6.38. The van der Waals surface area contributed by atoms with Gasteiger partial charge in [-0.15, -0.1) is 0 Å². The van der Waals surface area contributed by atoms with E-state index in [1.165, 1.54) is 6.07 Å². The molecular formula is C16H7Cl2NO2. The standard InChI is InChI=1S/C16H7Cl2NO2/c17-12-5-11-6-14(21-16(11)13(18)7-12)15(20)10-3-1-2-9(4-10)8-19/h1-7H. The van der Waals surface area contributed by atoms with Gasteiger partial charge in [0.15, 0.2) is 11.3 Å². The minimum Gasteiger partial charge on any atom is -0.451 e. The number of hydrogen-bond donors (Lipinski definition) is 0. The van der Waals surface area contributed by atoms with Gasteiger partial charge in [0.25, 0.3) is 0 Å². The highest BCUT2D eigenvalue weighted by atomic mass is 35.5. The van der Waals surface area contributed by atoms with Crippen LogP contribution in [0, 0.1) is 11.3 Å². The molecule has 3 rings (SSSR count). The highest BCUT2D eigenvalue weighted by Crippen LogP contribution is 2.31. The van der Waals surface area contributed by atoms with Crippen LogP contribution in [0.4, 0.5) is 0 Å². The summed E-state index contributed by atoms with van der Waals surface area (Å²) in [6, 6.07) is 13.2. The molecule has 0 amide bonds. The average molecular weight is 316 g/mol. The van der Waals surface area contributed by atoms with E-state index in [-0.39, 0.29) is 11.5 Å².